The van der Waals surface area contributed by atoms with Gasteiger partial charge >= 0.3 is 0 Å². The zero-order valence-electron chi connectivity index (χ0n) is 15.8. The number of ether oxygens (including phenoxy) is 4. The zero-order valence-corrected chi connectivity index (χ0v) is 18.0. The topological polar surface area (TPSA) is 60.7 Å². The summed E-state index contributed by atoms with van der Waals surface area (Å²) in [5, 5.41) is 9.66. The standard InChI is InChI=1S/C21H22INO4/c1-5-26-20-11-14(10-17(22)21(20)27-6-2)9-16(13-23)15-7-8-18(24-3)19(12-15)25-4/h7-12H,5-6H2,1-4H3/b16-9+. The minimum absolute atomic E-state index is 0.512. The van der Waals surface area contributed by atoms with Gasteiger partial charge in [-0.2, -0.15) is 5.26 Å². The van der Waals surface area contributed by atoms with E-state index in [0.717, 1.165) is 20.4 Å². The van der Waals surface area contributed by atoms with Crippen molar-refractivity contribution in [2.24, 2.45) is 0 Å². The highest BCUT2D eigenvalue weighted by molar-refractivity contribution is 14.1. The van der Waals surface area contributed by atoms with Gasteiger partial charge in [-0.05, 0) is 84.0 Å². The van der Waals surface area contributed by atoms with Crippen LogP contribution >= 0.6 is 22.6 Å². The molecule has 0 aromatic heterocycles. The summed E-state index contributed by atoms with van der Waals surface area (Å²) < 4.78 is 22.9. The summed E-state index contributed by atoms with van der Waals surface area (Å²) in [6.07, 6.45) is 1.82. The molecule has 0 radical (unpaired) electrons. The van der Waals surface area contributed by atoms with Crippen molar-refractivity contribution >= 4 is 34.2 Å². The van der Waals surface area contributed by atoms with Crippen molar-refractivity contribution in [3.8, 4) is 29.1 Å². The SMILES string of the molecule is CCOc1cc(/C=C(\C#N)c2ccc(OC)c(OC)c2)cc(I)c1OCC. The van der Waals surface area contributed by atoms with Gasteiger partial charge in [0, 0.05) is 0 Å². The van der Waals surface area contributed by atoms with Crippen molar-refractivity contribution in [2.45, 2.75) is 13.8 Å². The minimum Gasteiger partial charge on any atom is -0.493 e. The summed E-state index contributed by atoms with van der Waals surface area (Å²) >= 11 is 2.22. The molecule has 6 heteroatoms. The molecule has 142 valence electrons. The van der Waals surface area contributed by atoms with Gasteiger partial charge in [0.25, 0.3) is 0 Å². The average Bonchev–Trinajstić information content (AvgIpc) is 2.68. The summed E-state index contributed by atoms with van der Waals surface area (Å²) in [6.45, 7) is 4.95. The number of nitriles is 1. The highest BCUT2D eigenvalue weighted by atomic mass is 127. The van der Waals surface area contributed by atoms with E-state index in [1.807, 2.05) is 38.1 Å². The number of halogens is 1. The first-order valence-corrected chi connectivity index (χ1v) is 9.59. The van der Waals surface area contributed by atoms with Crippen LogP contribution in [0.3, 0.4) is 0 Å². The molecule has 0 spiro atoms. The van der Waals surface area contributed by atoms with Crippen molar-refractivity contribution in [3.05, 3.63) is 45.0 Å². The maximum atomic E-state index is 9.66. The van der Waals surface area contributed by atoms with Gasteiger partial charge in [0.1, 0.15) is 0 Å². The summed E-state index contributed by atoms with van der Waals surface area (Å²) in [7, 11) is 3.15. The molecule has 0 aliphatic heterocycles. The molecule has 0 amide bonds. The smallest absolute Gasteiger partial charge is 0.174 e. The summed E-state index contributed by atoms with van der Waals surface area (Å²) in [5.41, 5.74) is 2.12. The first-order valence-electron chi connectivity index (χ1n) is 8.51. The van der Waals surface area contributed by atoms with Crippen molar-refractivity contribution in [3.63, 3.8) is 0 Å². The first-order chi connectivity index (χ1) is 13.1. The van der Waals surface area contributed by atoms with Gasteiger partial charge in [0.15, 0.2) is 23.0 Å². The predicted molar refractivity (Wildman–Crippen MR) is 115 cm³/mol. The van der Waals surface area contributed by atoms with Crippen LogP contribution in [0, 0.1) is 14.9 Å². The third kappa shape index (κ3) is 5.07. The van der Waals surface area contributed by atoms with Crippen LogP contribution in [0.1, 0.15) is 25.0 Å². The van der Waals surface area contributed by atoms with Crippen molar-refractivity contribution in [1.29, 1.82) is 5.26 Å². The molecule has 2 aromatic rings. The van der Waals surface area contributed by atoms with Gasteiger partial charge in [-0.3, -0.25) is 0 Å². The second-order valence-electron chi connectivity index (χ2n) is 5.44. The molecule has 2 rings (SSSR count). The molecular formula is C21H22INO4. The van der Waals surface area contributed by atoms with Crippen LogP contribution in [0.2, 0.25) is 0 Å². The van der Waals surface area contributed by atoms with E-state index in [1.54, 1.807) is 26.4 Å². The Morgan fingerprint density at radius 3 is 2.30 bits per heavy atom. The van der Waals surface area contributed by atoms with Crippen LogP contribution in [0.5, 0.6) is 23.0 Å². The number of hydrogen-bond donors (Lipinski definition) is 0. The molecule has 0 saturated heterocycles. The van der Waals surface area contributed by atoms with E-state index in [9.17, 15) is 5.26 Å². The van der Waals surface area contributed by atoms with Crippen LogP contribution in [0.25, 0.3) is 11.6 Å². The molecular weight excluding hydrogens is 457 g/mol. The fourth-order valence-electron chi connectivity index (χ4n) is 2.57. The Morgan fingerprint density at radius 1 is 1.00 bits per heavy atom. The summed E-state index contributed by atoms with van der Waals surface area (Å²) in [4.78, 5) is 0. The Balaban J connectivity index is 2.50. The Kier molecular flexibility index (Phi) is 7.80. The number of rotatable bonds is 8. The molecule has 0 bridgehead atoms. The van der Waals surface area contributed by atoms with Crippen LogP contribution in [0.15, 0.2) is 30.3 Å². The zero-order chi connectivity index (χ0) is 19.8. The highest BCUT2D eigenvalue weighted by Gasteiger charge is 2.13. The van der Waals surface area contributed by atoms with Crippen molar-refractivity contribution in [1.82, 2.24) is 0 Å². The second-order valence-corrected chi connectivity index (χ2v) is 6.60. The highest BCUT2D eigenvalue weighted by Crippen LogP contribution is 2.36. The Labute approximate surface area is 173 Å². The Hall–Kier alpha value is -2.40. The molecule has 27 heavy (non-hydrogen) atoms. The Morgan fingerprint density at radius 2 is 1.70 bits per heavy atom. The molecule has 0 N–H and O–H groups in total. The molecule has 0 saturated carbocycles. The molecule has 0 atom stereocenters. The van der Waals surface area contributed by atoms with Crippen LogP contribution in [0.4, 0.5) is 0 Å². The molecule has 0 aliphatic rings. The summed E-state index contributed by atoms with van der Waals surface area (Å²) in [6, 6.07) is 11.5. The second kappa shape index (κ2) is 10.1. The molecule has 0 unspecified atom stereocenters. The molecule has 0 heterocycles. The lowest BCUT2D eigenvalue weighted by molar-refractivity contribution is 0.286. The molecule has 5 nitrogen and oxygen atoms in total. The van der Waals surface area contributed by atoms with Crippen LogP contribution in [-0.2, 0) is 0 Å². The van der Waals surface area contributed by atoms with Crippen LogP contribution in [-0.4, -0.2) is 27.4 Å². The number of methoxy groups -OCH3 is 2. The lowest BCUT2D eigenvalue weighted by Gasteiger charge is -2.14. The number of nitrogens with zero attached hydrogens (tertiary/aromatic N) is 1. The van der Waals surface area contributed by atoms with Gasteiger partial charge in [0.05, 0.1) is 42.6 Å². The number of hydrogen-bond acceptors (Lipinski definition) is 5. The minimum atomic E-state index is 0.512. The molecule has 2 aromatic carbocycles. The summed E-state index contributed by atoms with van der Waals surface area (Å²) in [5.74, 6) is 2.59. The molecule has 0 fully saturated rings. The predicted octanol–water partition coefficient (Wildman–Crippen LogP) is 5.17. The first kappa shape index (κ1) is 20.9. The monoisotopic (exact) mass is 479 g/mol. The fourth-order valence-corrected chi connectivity index (χ4v) is 3.35. The van der Waals surface area contributed by atoms with E-state index < -0.39 is 0 Å². The normalized spacial score (nSPS) is 10.9. The van der Waals surface area contributed by atoms with Crippen molar-refractivity contribution < 1.29 is 18.9 Å². The van der Waals surface area contributed by atoms with E-state index in [-0.39, 0.29) is 0 Å². The third-order valence-electron chi connectivity index (χ3n) is 3.75. The fraction of sp³-hybridized carbons (Fsp3) is 0.286. The quantitative estimate of drug-likeness (QED) is 0.297. The Bertz CT molecular complexity index is 871. The van der Waals surface area contributed by atoms with Gasteiger partial charge in [-0.15, -0.1) is 0 Å². The lowest BCUT2D eigenvalue weighted by atomic mass is 10.0. The van der Waals surface area contributed by atoms with E-state index in [0.29, 0.717) is 36.0 Å². The van der Waals surface area contributed by atoms with E-state index >= 15 is 0 Å². The van der Waals surface area contributed by atoms with Gasteiger partial charge in [0.2, 0.25) is 0 Å². The number of benzene rings is 2. The van der Waals surface area contributed by atoms with Gasteiger partial charge < -0.3 is 18.9 Å². The van der Waals surface area contributed by atoms with E-state index in [4.69, 9.17) is 18.9 Å². The molecule has 0 aliphatic carbocycles. The van der Waals surface area contributed by atoms with E-state index in [1.165, 1.54) is 0 Å². The lowest BCUT2D eigenvalue weighted by Crippen LogP contribution is -2.01. The van der Waals surface area contributed by atoms with Gasteiger partial charge in [-0.1, -0.05) is 0 Å². The van der Waals surface area contributed by atoms with E-state index in [2.05, 4.69) is 28.7 Å². The maximum absolute atomic E-state index is 9.66. The van der Waals surface area contributed by atoms with Gasteiger partial charge in [-0.25, -0.2) is 0 Å². The average molecular weight is 479 g/mol. The maximum Gasteiger partial charge on any atom is 0.174 e. The third-order valence-corrected chi connectivity index (χ3v) is 4.55. The van der Waals surface area contributed by atoms with Crippen molar-refractivity contribution in [2.75, 3.05) is 27.4 Å². The largest absolute Gasteiger partial charge is 0.493 e. The number of allylic oxidation sites excluding steroid dienone is 1. The van der Waals surface area contributed by atoms with Crippen LogP contribution < -0.4 is 18.9 Å².